The van der Waals surface area contributed by atoms with Crippen LogP contribution < -0.4 is 0 Å². The van der Waals surface area contributed by atoms with E-state index in [1.807, 2.05) is 36.8 Å². The van der Waals surface area contributed by atoms with Crippen molar-refractivity contribution in [3.8, 4) is 0 Å². The van der Waals surface area contributed by atoms with Crippen molar-refractivity contribution in [1.29, 1.82) is 0 Å². The van der Waals surface area contributed by atoms with Crippen LogP contribution in [0.15, 0.2) is 48.9 Å². The summed E-state index contributed by atoms with van der Waals surface area (Å²) in [6.07, 6.45) is 5.51. The van der Waals surface area contributed by atoms with E-state index in [0.29, 0.717) is 0 Å². The van der Waals surface area contributed by atoms with Gasteiger partial charge >= 0.3 is 0 Å². The van der Waals surface area contributed by atoms with Crippen LogP contribution in [0.4, 0.5) is 0 Å². The average Bonchev–Trinajstić information content (AvgIpc) is 2.29. The number of fused-ring (bicyclic) bond motifs is 3. The molecule has 2 heterocycles. The number of rotatable bonds is 0. The number of hydrogen-bond donors (Lipinski definition) is 0. The molecule has 0 saturated carbocycles. The molecule has 0 spiro atoms. The SMILES string of the molecule is c1cnc2ccc3ccncc3c2c1. The highest BCUT2D eigenvalue weighted by Gasteiger charge is 1.98. The Morgan fingerprint density at radius 3 is 2.86 bits per heavy atom. The molecule has 0 saturated heterocycles. The Hall–Kier alpha value is -1.96. The molecule has 2 heteroatoms. The standard InChI is InChI=1S/C12H8N2/c1-2-10-11-8-13-7-5-9(11)3-4-12(10)14-6-1/h1-8H. The maximum atomic E-state index is 4.30. The van der Waals surface area contributed by atoms with Crippen molar-refractivity contribution in [3.63, 3.8) is 0 Å². The molecule has 3 rings (SSSR count). The molecule has 66 valence electrons. The third-order valence-corrected chi connectivity index (χ3v) is 2.40. The van der Waals surface area contributed by atoms with Crippen molar-refractivity contribution < 1.29 is 0 Å². The highest BCUT2D eigenvalue weighted by Crippen LogP contribution is 2.22. The van der Waals surface area contributed by atoms with Gasteiger partial charge in [-0.3, -0.25) is 9.97 Å². The molecule has 0 bridgehead atoms. The van der Waals surface area contributed by atoms with Gasteiger partial charge < -0.3 is 0 Å². The largest absolute Gasteiger partial charge is 0.264 e. The Labute approximate surface area is 81.2 Å². The van der Waals surface area contributed by atoms with Crippen LogP contribution in [0.25, 0.3) is 21.7 Å². The minimum absolute atomic E-state index is 1.02. The quantitative estimate of drug-likeness (QED) is 0.497. The zero-order chi connectivity index (χ0) is 9.38. The van der Waals surface area contributed by atoms with Gasteiger partial charge in [0.25, 0.3) is 0 Å². The van der Waals surface area contributed by atoms with Crippen molar-refractivity contribution in [1.82, 2.24) is 9.97 Å². The first-order chi connectivity index (χ1) is 6.95. The maximum absolute atomic E-state index is 4.30. The van der Waals surface area contributed by atoms with E-state index >= 15 is 0 Å². The first-order valence-corrected chi connectivity index (χ1v) is 4.52. The highest BCUT2D eigenvalue weighted by atomic mass is 14.6. The summed E-state index contributed by atoms with van der Waals surface area (Å²) in [5, 5.41) is 3.54. The van der Waals surface area contributed by atoms with Crippen LogP contribution in [0.1, 0.15) is 0 Å². The summed E-state index contributed by atoms with van der Waals surface area (Å²) in [5.74, 6) is 0. The number of aromatic nitrogens is 2. The lowest BCUT2D eigenvalue weighted by atomic mass is 10.1. The zero-order valence-corrected chi connectivity index (χ0v) is 7.51. The Morgan fingerprint density at radius 1 is 0.857 bits per heavy atom. The van der Waals surface area contributed by atoms with Crippen molar-refractivity contribution >= 4 is 21.7 Å². The number of pyridine rings is 2. The van der Waals surface area contributed by atoms with Gasteiger partial charge in [-0.2, -0.15) is 0 Å². The lowest BCUT2D eigenvalue weighted by Crippen LogP contribution is -1.80. The Morgan fingerprint density at radius 2 is 1.86 bits per heavy atom. The van der Waals surface area contributed by atoms with Gasteiger partial charge in [0.2, 0.25) is 0 Å². The summed E-state index contributed by atoms with van der Waals surface area (Å²) in [6.45, 7) is 0. The summed E-state index contributed by atoms with van der Waals surface area (Å²) in [7, 11) is 0. The second-order valence-electron chi connectivity index (χ2n) is 3.23. The molecule has 0 unspecified atom stereocenters. The molecule has 0 N–H and O–H groups in total. The second-order valence-corrected chi connectivity index (χ2v) is 3.23. The number of hydrogen-bond acceptors (Lipinski definition) is 2. The predicted molar refractivity (Wildman–Crippen MR) is 57.0 cm³/mol. The number of nitrogens with zero attached hydrogens (tertiary/aromatic N) is 2. The average molecular weight is 180 g/mol. The summed E-state index contributed by atoms with van der Waals surface area (Å²) in [5.41, 5.74) is 1.02. The van der Waals surface area contributed by atoms with E-state index < -0.39 is 0 Å². The summed E-state index contributed by atoms with van der Waals surface area (Å²) < 4.78 is 0. The molecule has 3 aromatic rings. The van der Waals surface area contributed by atoms with Crippen molar-refractivity contribution in [2.75, 3.05) is 0 Å². The van der Waals surface area contributed by atoms with Crippen LogP contribution in [0, 0.1) is 0 Å². The van der Waals surface area contributed by atoms with Gasteiger partial charge in [-0.25, -0.2) is 0 Å². The predicted octanol–water partition coefficient (Wildman–Crippen LogP) is 2.78. The summed E-state index contributed by atoms with van der Waals surface area (Å²) >= 11 is 0. The Kier molecular flexibility index (Phi) is 1.47. The van der Waals surface area contributed by atoms with E-state index in [9.17, 15) is 0 Å². The monoisotopic (exact) mass is 180 g/mol. The van der Waals surface area contributed by atoms with E-state index in [4.69, 9.17) is 0 Å². The molecule has 0 radical (unpaired) electrons. The maximum Gasteiger partial charge on any atom is 0.0708 e. The van der Waals surface area contributed by atoms with Crippen molar-refractivity contribution in [2.45, 2.75) is 0 Å². The first kappa shape index (κ1) is 7.44. The molecule has 0 aliphatic rings. The van der Waals surface area contributed by atoms with Crippen LogP contribution in [0.2, 0.25) is 0 Å². The zero-order valence-electron chi connectivity index (χ0n) is 7.51. The summed E-state index contributed by atoms with van der Waals surface area (Å²) in [4.78, 5) is 8.44. The molecule has 0 atom stereocenters. The molecule has 0 aliphatic carbocycles. The van der Waals surface area contributed by atoms with E-state index in [1.165, 1.54) is 5.39 Å². The fourth-order valence-electron chi connectivity index (χ4n) is 1.72. The van der Waals surface area contributed by atoms with Crippen LogP contribution >= 0.6 is 0 Å². The molecular weight excluding hydrogens is 172 g/mol. The van der Waals surface area contributed by atoms with Crippen LogP contribution in [-0.2, 0) is 0 Å². The van der Waals surface area contributed by atoms with Gasteiger partial charge in [0.05, 0.1) is 5.52 Å². The van der Waals surface area contributed by atoms with Crippen molar-refractivity contribution in [2.24, 2.45) is 0 Å². The van der Waals surface area contributed by atoms with Crippen LogP contribution in [0.5, 0.6) is 0 Å². The van der Waals surface area contributed by atoms with Crippen LogP contribution in [0.3, 0.4) is 0 Å². The van der Waals surface area contributed by atoms with E-state index in [1.54, 1.807) is 0 Å². The van der Waals surface area contributed by atoms with Gasteiger partial charge in [-0.1, -0.05) is 12.1 Å². The minimum Gasteiger partial charge on any atom is -0.264 e. The van der Waals surface area contributed by atoms with Gasteiger partial charge in [-0.15, -0.1) is 0 Å². The molecule has 0 fully saturated rings. The lowest BCUT2D eigenvalue weighted by Gasteiger charge is -2.00. The Balaban J connectivity index is 2.61. The molecule has 0 amide bonds. The highest BCUT2D eigenvalue weighted by molar-refractivity contribution is 6.05. The van der Waals surface area contributed by atoms with Crippen LogP contribution in [-0.4, -0.2) is 9.97 Å². The molecule has 1 aromatic carbocycles. The van der Waals surface area contributed by atoms with E-state index in [0.717, 1.165) is 16.3 Å². The third kappa shape index (κ3) is 0.973. The summed E-state index contributed by atoms with van der Waals surface area (Å²) in [6, 6.07) is 10.2. The normalized spacial score (nSPS) is 10.9. The second kappa shape index (κ2) is 2.77. The van der Waals surface area contributed by atoms with Gasteiger partial charge in [0.15, 0.2) is 0 Å². The molecular formula is C12H8N2. The fraction of sp³-hybridized carbons (Fsp3) is 0. The molecule has 2 nitrogen and oxygen atoms in total. The van der Waals surface area contributed by atoms with Gasteiger partial charge in [0.1, 0.15) is 0 Å². The molecule has 2 aromatic heterocycles. The van der Waals surface area contributed by atoms with Gasteiger partial charge in [-0.05, 0) is 23.6 Å². The molecule has 14 heavy (non-hydrogen) atoms. The molecule has 0 aliphatic heterocycles. The minimum atomic E-state index is 1.02. The first-order valence-electron chi connectivity index (χ1n) is 4.52. The van der Waals surface area contributed by atoms with E-state index in [2.05, 4.69) is 22.1 Å². The van der Waals surface area contributed by atoms with E-state index in [-0.39, 0.29) is 0 Å². The number of benzene rings is 1. The smallest absolute Gasteiger partial charge is 0.0708 e. The van der Waals surface area contributed by atoms with Crippen molar-refractivity contribution in [3.05, 3.63) is 48.9 Å². The lowest BCUT2D eigenvalue weighted by molar-refractivity contribution is 1.36. The van der Waals surface area contributed by atoms with Gasteiger partial charge in [0, 0.05) is 29.4 Å². The Bertz CT molecular complexity index is 547. The third-order valence-electron chi connectivity index (χ3n) is 2.40. The topological polar surface area (TPSA) is 25.8 Å². The fourth-order valence-corrected chi connectivity index (χ4v) is 1.72.